The first-order chi connectivity index (χ1) is 11.7. The Morgan fingerprint density at radius 2 is 2.00 bits per heavy atom. The van der Waals surface area contributed by atoms with Crippen LogP contribution in [-0.2, 0) is 9.47 Å². The molecule has 1 aliphatic heterocycles. The van der Waals surface area contributed by atoms with Crippen molar-refractivity contribution in [3.63, 3.8) is 0 Å². The van der Waals surface area contributed by atoms with Crippen LogP contribution in [0.25, 0.3) is 0 Å². The normalized spacial score (nSPS) is 31.0. The minimum atomic E-state index is -0.422. The van der Waals surface area contributed by atoms with Crippen LogP contribution in [0.3, 0.4) is 0 Å². The van der Waals surface area contributed by atoms with Crippen molar-refractivity contribution in [1.29, 1.82) is 0 Å². The Labute approximate surface area is 152 Å². The summed E-state index contributed by atoms with van der Waals surface area (Å²) in [5.41, 5.74) is -0.207. The highest BCUT2D eigenvalue weighted by molar-refractivity contribution is 5.69. The van der Waals surface area contributed by atoms with E-state index in [9.17, 15) is 4.79 Å². The van der Waals surface area contributed by atoms with Crippen LogP contribution in [0.4, 0.5) is 4.79 Å². The molecular weight excluding hydrogens is 316 g/mol. The maximum Gasteiger partial charge on any atom is 0.410 e. The second kappa shape index (κ2) is 7.07. The fraction of sp³-hybridized carbons (Fsp3) is 0.950. The summed E-state index contributed by atoms with van der Waals surface area (Å²) in [6.07, 6.45) is 5.93. The van der Waals surface area contributed by atoms with E-state index in [0.29, 0.717) is 24.1 Å². The van der Waals surface area contributed by atoms with Crippen LogP contribution in [0.15, 0.2) is 0 Å². The number of carbonyl (C=O) groups excluding carboxylic acids is 1. The first-order valence-electron chi connectivity index (χ1n) is 10.0. The van der Waals surface area contributed by atoms with Gasteiger partial charge < -0.3 is 19.7 Å². The van der Waals surface area contributed by atoms with Crippen molar-refractivity contribution in [3.05, 3.63) is 0 Å². The van der Waals surface area contributed by atoms with E-state index < -0.39 is 5.60 Å². The van der Waals surface area contributed by atoms with Gasteiger partial charge in [0.05, 0.1) is 6.10 Å². The average Bonchev–Trinajstić information content (AvgIpc) is 3.33. The van der Waals surface area contributed by atoms with Gasteiger partial charge in [-0.2, -0.15) is 0 Å². The molecule has 0 bridgehead atoms. The molecule has 1 amide bonds. The first-order valence-corrected chi connectivity index (χ1v) is 10.0. The van der Waals surface area contributed by atoms with Crippen LogP contribution in [0.1, 0.15) is 66.7 Å². The molecular formula is C20H36N2O3. The second-order valence-electron chi connectivity index (χ2n) is 9.61. The van der Waals surface area contributed by atoms with Gasteiger partial charge >= 0.3 is 6.09 Å². The lowest BCUT2D eigenvalue weighted by atomic mass is 9.55. The monoisotopic (exact) mass is 352 g/mol. The standard InChI is InChI=1S/C20H36N2O3/c1-19(2,3)25-18(23)22(14-9-10-14)12-7-11-21-16-15-8-6-13-24-17(15)20(16,4)5/h14-17,21H,6-13H2,1-5H3. The number of amides is 1. The summed E-state index contributed by atoms with van der Waals surface area (Å²) in [6, 6.07) is 0.930. The van der Waals surface area contributed by atoms with Gasteiger partial charge in [-0.15, -0.1) is 0 Å². The summed E-state index contributed by atoms with van der Waals surface area (Å²) < 4.78 is 11.5. The van der Waals surface area contributed by atoms with Crippen molar-refractivity contribution in [2.24, 2.45) is 11.3 Å². The Morgan fingerprint density at radius 3 is 2.64 bits per heavy atom. The third kappa shape index (κ3) is 4.30. The van der Waals surface area contributed by atoms with E-state index in [1.54, 1.807) is 0 Å². The van der Waals surface area contributed by atoms with Gasteiger partial charge in [-0.25, -0.2) is 4.79 Å². The van der Waals surface area contributed by atoms with Gasteiger partial charge in [-0.1, -0.05) is 13.8 Å². The molecule has 25 heavy (non-hydrogen) atoms. The van der Waals surface area contributed by atoms with E-state index in [0.717, 1.165) is 39.0 Å². The summed E-state index contributed by atoms with van der Waals surface area (Å²) in [5.74, 6) is 0.661. The second-order valence-corrected chi connectivity index (χ2v) is 9.61. The minimum absolute atomic E-state index is 0.153. The fourth-order valence-electron chi connectivity index (χ4n) is 4.57. The molecule has 144 valence electrons. The summed E-state index contributed by atoms with van der Waals surface area (Å²) in [6.45, 7) is 13.1. The molecule has 0 radical (unpaired) electrons. The van der Waals surface area contributed by atoms with Crippen molar-refractivity contribution in [2.45, 2.75) is 90.5 Å². The van der Waals surface area contributed by atoms with Crippen molar-refractivity contribution >= 4 is 6.09 Å². The van der Waals surface area contributed by atoms with Crippen molar-refractivity contribution in [2.75, 3.05) is 19.7 Å². The zero-order valence-corrected chi connectivity index (χ0v) is 16.6. The number of nitrogens with one attached hydrogen (secondary N) is 1. The maximum absolute atomic E-state index is 12.4. The number of rotatable bonds is 6. The molecule has 1 N–H and O–H groups in total. The van der Waals surface area contributed by atoms with Crippen LogP contribution in [0.2, 0.25) is 0 Å². The van der Waals surface area contributed by atoms with E-state index in [1.165, 1.54) is 12.8 Å². The molecule has 2 saturated carbocycles. The molecule has 3 unspecified atom stereocenters. The Bertz CT molecular complexity index is 482. The van der Waals surface area contributed by atoms with Crippen LogP contribution in [0.5, 0.6) is 0 Å². The molecule has 1 saturated heterocycles. The van der Waals surface area contributed by atoms with Gasteiger partial charge in [0.1, 0.15) is 5.60 Å². The van der Waals surface area contributed by atoms with E-state index in [1.807, 2.05) is 25.7 Å². The molecule has 3 atom stereocenters. The van der Waals surface area contributed by atoms with Gasteiger partial charge in [0.2, 0.25) is 0 Å². The zero-order chi connectivity index (χ0) is 18.2. The van der Waals surface area contributed by atoms with E-state index in [-0.39, 0.29) is 11.5 Å². The lowest BCUT2D eigenvalue weighted by Crippen LogP contribution is -2.69. The predicted molar refractivity (Wildman–Crippen MR) is 98.6 cm³/mol. The topological polar surface area (TPSA) is 50.8 Å². The molecule has 0 spiro atoms. The molecule has 3 aliphatic rings. The molecule has 0 aromatic heterocycles. The summed E-state index contributed by atoms with van der Waals surface area (Å²) in [7, 11) is 0. The van der Waals surface area contributed by atoms with Gasteiger partial charge in [0.15, 0.2) is 0 Å². The Hall–Kier alpha value is -0.810. The number of fused-ring (bicyclic) bond motifs is 1. The summed E-state index contributed by atoms with van der Waals surface area (Å²) in [4.78, 5) is 14.3. The highest BCUT2D eigenvalue weighted by Gasteiger charge is 2.57. The highest BCUT2D eigenvalue weighted by Crippen LogP contribution is 2.51. The van der Waals surface area contributed by atoms with Crippen LogP contribution in [-0.4, -0.2) is 54.5 Å². The quantitative estimate of drug-likeness (QED) is 0.743. The van der Waals surface area contributed by atoms with Crippen LogP contribution in [0, 0.1) is 11.3 Å². The molecule has 3 fully saturated rings. The lowest BCUT2D eigenvalue weighted by Gasteiger charge is -2.60. The molecule has 5 nitrogen and oxygen atoms in total. The summed E-state index contributed by atoms with van der Waals surface area (Å²) >= 11 is 0. The van der Waals surface area contributed by atoms with Crippen molar-refractivity contribution < 1.29 is 14.3 Å². The predicted octanol–water partition coefficient (Wildman–Crippen LogP) is 3.57. The van der Waals surface area contributed by atoms with Gasteiger partial charge in [-0.3, -0.25) is 0 Å². The van der Waals surface area contributed by atoms with Crippen LogP contribution < -0.4 is 5.32 Å². The average molecular weight is 353 g/mol. The van der Waals surface area contributed by atoms with Crippen LogP contribution >= 0.6 is 0 Å². The van der Waals surface area contributed by atoms with E-state index >= 15 is 0 Å². The largest absolute Gasteiger partial charge is 0.444 e. The first kappa shape index (κ1) is 19.0. The SMILES string of the molecule is CC(C)(C)OC(=O)N(CCCNC1C2CCCOC2C1(C)C)C1CC1. The zero-order valence-electron chi connectivity index (χ0n) is 16.6. The molecule has 0 aromatic carbocycles. The van der Waals surface area contributed by atoms with E-state index in [4.69, 9.17) is 9.47 Å². The molecule has 0 aromatic rings. The van der Waals surface area contributed by atoms with E-state index in [2.05, 4.69) is 19.2 Å². The maximum atomic E-state index is 12.4. The third-order valence-electron chi connectivity index (χ3n) is 5.89. The number of ether oxygens (including phenoxy) is 2. The summed E-state index contributed by atoms with van der Waals surface area (Å²) in [5, 5.41) is 3.75. The van der Waals surface area contributed by atoms with Gasteiger partial charge in [0, 0.05) is 36.6 Å². The van der Waals surface area contributed by atoms with Gasteiger partial charge in [-0.05, 0) is 59.4 Å². The number of hydrogen-bond acceptors (Lipinski definition) is 4. The van der Waals surface area contributed by atoms with Gasteiger partial charge in [0.25, 0.3) is 0 Å². The molecule has 5 heteroatoms. The third-order valence-corrected chi connectivity index (χ3v) is 5.89. The smallest absolute Gasteiger partial charge is 0.410 e. The number of nitrogens with zero attached hydrogens (tertiary/aromatic N) is 1. The lowest BCUT2D eigenvalue weighted by molar-refractivity contribution is -0.192. The van der Waals surface area contributed by atoms with Crippen molar-refractivity contribution in [1.82, 2.24) is 10.2 Å². The number of carbonyl (C=O) groups is 1. The highest BCUT2D eigenvalue weighted by atomic mass is 16.6. The fourth-order valence-corrected chi connectivity index (χ4v) is 4.57. The Kier molecular flexibility index (Phi) is 5.36. The molecule has 1 heterocycles. The van der Waals surface area contributed by atoms with Crippen molar-refractivity contribution in [3.8, 4) is 0 Å². The molecule has 2 aliphatic carbocycles. The minimum Gasteiger partial charge on any atom is -0.444 e. The molecule has 3 rings (SSSR count). The number of hydrogen-bond donors (Lipinski definition) is 1. The Morgan fingerprint density at radius 1 is 1.28 bits per heavy atom. The Balaban J connectivity index is 1.43.